The summed E-state index contributed by atoms with van der Waals surface area (Å²) in [6.45, 7) is 0.425. The quantitative estimate of drug-likeness (QED) is 0.420. The number of carbonyl (C=O) groups is 1. The summed E-state index contributed by atoms with van der Waals surface area (Å²) in [5.74, 6) is 1.14. The largest absolute Gasteiger partial charge is 0.390 e. The molecule has 2 aromatic carbocycles. The summed E-state index contributed by atoms with van der Waals surface area (Å²) in [6, 6.07) is 16.4. The zero-order chi connectivity index (χ0) is 22.8. The van der Waals surface area contributed by atoms with E-state index >= 15 is 0 Å². The first kappa shape index (κ1) is 20.8. The Labute approximate surface area is 190 Å². The summed E-state index contributed by atoms with van der Waals surface area (Å²) in [5, 5.41) is 25.2. The van der Waals surface area contributed by atoms with Crippen molar-refractivity contribution in [2.24, 2.45) is 7.05 Å². The highest BCUT2D eigenvalue weighted by Crippen LogP contribution is 2.31. The highest BCUT2D eigenvalue weighted by Gasteiger charge is 2.32. The Balaban J connectivity index is 1.27. The number of hydrogen-bond acceptors (Lipinski definition) is 7. The lowest BCUT2D eigenvalue weighted by Crippen LogP contribution is -2.33. The van der Waals surface area contributed by atoms with Crippen molar-refractivity contribution in [3.63, 3.8) is 0 Å². The van der Waals surface area contributed by atoms with E-state index in [2.05, 4.69) is 30.8 Å². The first-order valence-electron chi connectivity index (χ1n) is 10.7. The Morgan fingerprint density at radius 2 is 2.03 bits per heavy atom. The molecule has 0 radical (unpaired) electrons. The van der Waals surface area contributed by atoms with Gasteiger partial charge < -0.3 is 20.3 Å². The van der Waals surface area contributed by atoms with Crippen molar-refractivity contribution in [3.8, 4) is 11.5 Å². The van der Waals surface area contributed by atoms with Gasteiger partial charge in [0.25, 0.3) is 5.91 Å². The lowest BCUT2D eigenvalue weighted by molar-refractivity contribution is 0.0858. The van der Waals surface area contributed by atoms with Gasteiger partial charge in [-0.25, -0.2) is 9.97 Å². The van der Waals surface area contributed by atoms with Crippen LogP contribution < -0.4 is 10.6 Å². The number of carbonyl (C=O) groups excluding carboxylic acids is 1. The maximum atomic E-state index is 12.9. The van der Waals surface area contributed by atoms with Gasteiger partial charge in [0.15, 0.2) is 11.6 Å². The summed E-state index contributed by atoms with van der Waals surface area (Å²) in [4.78, 5) is 21.1. The Morgan fingerprint density at radius 1 is 1.15 bits per heavy atom. The van der Waals surface area contributed by atoms with Crippen LogP contribution in [0, 0.1) is 0 Å². The van der Waals surface area contributed by atoms with Crippen LogP contribution in [0.2, 0.25) is 0 Å². The van der Waals surface area contributed by atoms with Crippen LogP contribution in [0.25, 0.3) is 11.5 Å². The highest BCUT2D eigenvalue weighted by atomic mass is 16.3. The van der Waals surface area contributed by atoms with E-state index in [0.29, 0.717) is 30.0 Å². The smallest absolute Gasteiger partial charge is 0.251 e. The molecule has 0 saturated heterocycles. The van der Waals surface area contributed by atoms with Gasteiger partial charge in [-0.2, -0.15) is 0 Å². The molecule has 1 amide bonds. The number of fused-ring (bicyclic) bond motifs is 1. The van der Waals surface area contributed by atoms with Crippen molar-refractivity contribution in [3.05, 3.63) is 89.6 Å². The number of rotatable bonds is 6. The van der Waals surface area contributed by atoms with E-state index in [9.17, 15) is 9.90 Å². The van der Waals surface area contributed by atoms with Crippen molar-refractivity contribution >= 4 is 11.6 Å². The van der Waals surface area contributed by atoms with Gasteiger partial charge in [0.1, 0.15) is 12.0 Å². The van der Waals surface area contributed by atoms with Crippen LogP contribution in [0.3, 0.4) is 0 Å². The fourth-order valence-electron chi connectivity index (χ4n) is 4.09. The number of nitrogens with zero attached hydrogens (tertiary/aromatic N) is 5. The van der Waals surface area contributed by atoms with E-state index in [-0.39, 0.29) is 5.91 Å². The van der Waals surface area contributed by atoms with Crippen molar-refractivity contribution in [2.75, 3.05) is 5.32 Å². The summed E-state index contributed by atoms with van der Waals surface area (Å²) >= 11 is 0. The second kappa shape index (κ2) is 8.79. The van der Waals surface area contributed by atoms with Crippen molar-refractivity contribution in [1.82, 2.24) is 30.0 Å². The van der Waals surface area contributed by atoms with E-state index in [4.69, 9.17) is 0 Å². The lowest BCUT2D eigenvalue weighted by Gasteiger charge is -2.18. The van der Waals surface area contributed by atoms with Crippen molar-refractivity contribution in [2.45, 2.75) is 25.1 Å². The van der Waals surface area contributed by atoms with Gasteiger partial charge in [-0.1, -0.05) is 30.3 Å². The molecule has 2 heterocycles. The predicted octanol–water partition coefficient (Wildman–Crippen LogP) is 2.27. The minimum atomic E-state index is -0.632. The Hall–Kier alpha value is -4.11. The van der Waals surface area contributed by atoms with Crippen molar-refractivity contribution < 1.29 is 9.90 Å². The number of aromatic nitrogens is 5. The molecular weight excluding hydrogens is 418 g/mol. The molecule has 166 valence electrons. The molecule has 2 unspecified atom stereocenters. The van der Waals surface area contributed by atoms with Gasteiger partial charge in [-0.05, 0) is 35.4 Å². The predicted molar refractivity (Wildman–Crippen MR) is 122 cm³/mol. The van der Waals surface area contributed by atoms with E-state index in [0.717, 1.165) is 22.6 Å². The number of anilines is 1. The third-order valence-electron chi connectivity index (χ3n) is 5.84. The second-order valence-electron chi connectivity index (χ2n) is 7.95. The molecule has 4 aromatic rings. The van der Waals surface area contributed by atoms with Gasteiger partial charge in [0.05, 0.1) is 18.7 Å². The summed E-state index contributed by atoms with van der Waals surface area (Å²) in [5.41, 5.74) is 4.02. The number of amides is 1. The third kappa shape index (κ3) is 4.18. The molecule has 2 atom stereocenters. The molecule has 0 bridgehead atoms. The summed E-state index contributed by atoms with van der Waals surface area (Å²) in [6.07, 6.45) is 3.04. The molecule has 9 nitrogen and oxygen atoms in total. The van der Waals surface area contributed by atoms with Crippen LogP contribution in [0.4, 0.5) is 5.69 Å². The van der Waals surface area contributed by atoms with Crippen LogP contribution in [-0.4, -0.2) is 41.9 Å². The zero-order valence-electron chi connectivity index (χ0n) is 18.0. The Bertz CT molecular complexity index is 1290. The topological polar surface area (TPSA) is 118 Å². The molecule has 5 rings (SSSR count). The first-order valence-corrected chi connectivity index (χ1v) is 10.7. The molecule has 2 aromatic heterocycles. The highest BCUT2D eigenvalue weighted by molar-refractivity contribution is 5.95. The fraction of sp³-hybridized carbons (Fsp3) is 0.208. The van der Waals surface area contributed by atoms with Gasteiger partial charge >= 0.3 is 0 Å². The number of nitrogens with one attached hydrogen (secondary N) is 2. The van der Waals surface area contributed by atoms with Crippen LogP contribution >= 0.6 is 0 Å². The van der Waals surface area contributed by atoms with Gasteiger partial charge in [-0.3, -0.25) is 4.79 Å². The van der Waals surface area contributed by atoms with E-state index in [1.54, 1.807) is 24.4 Å². The first-order chi connectivity index (χ1) is 16.1. The SMILES string of the molecule is Cn1c(CNc2cccc(C(=O)NC3c4ccccc4CC3O)c2)nnc1-c1ccncn1. The Morgan fingerprint density at radius 3 is 2.88 bits per heavy atom. The zero-order valence-corrected chi connectivity index (χ0v) is 18.0. The number of aliphatic hydroxyl groups excluding tert-OH is 1. The standard InChI is InChI=1S/C24H23N7O2/c1-31-21(29-30-23(31)19-9-10-25-14-27-19)13-26-17-7-4-6-16(11-17)24(33)28-22-18-8-3-2-5-15(18)12-20(22)32/h2-11,14,20,22,26,32H,12-13H2,1H3,(H,28,33). The summed E-state index contributed by atoms with van der Waals surface area (Å²) in [7, 11) is 1.88. The molecule has 0 aliphatic heterocycles. The lowest BCUT2D eigenvalue weighted by atomic mass is 10.1. The average Bonchev–Trinajstić information content (AvgIpc) is 3.37. The molecule has 1 aliphatic carbocycles. The minimum Gasteiger partial charge on any atom is -0.390 e. The third-order valence-corrected chi connectivity index (χ3v) is 5.84. The molecular formula is C24H23N7O2. The second-order valence-corrected chi connectivity index (χ2v) is 7.95. The molecule has 3 N–H and O–H groups in total. The van der Waals surface area contributed by atoms with Crippen LogP contribution in [0.5, 0.6) is 0 Å². The number of aliphatic hydroxyl groups is 1. The number of benzene rings is 2. The Kier molecular flexibility index (Phi) is 5.54. The van der Waals surface area contributed by atoms with Crippen LogP contribution in [-0.2, 0) is 20.0 Å². The molecule has 0 spiro atoms. The van der Waals surface area contributed by atoms with Gasteiger partial charge in [0.2, 0.25) is 0 Å². The monoisotopic (exact) mass is 441 g/mol. The minimum absolute atomic E-state index is 0.232. The van der Waals surface area contributed by atoms with Crippen LogP contribution in [0.1, 0.15) is 33.4 Å². The maximum absolute atomic E-state index is 12.9. The molecule has 0 saturated carbocycles. The molecule has 33 heavy (non-hydrogen) atoms. The van der Waals surface area contributed by atoms with Gasteiger partial charge in [0, 0.05) is 30.9 Å². The maximum Gasteiger partial charge on any atom is 0.251 e. The number of hydrogen-bond donors (Lipinski definition) is 3. The van der Waals surface area contributed by atoms with Crippen LogP contribution in [0.15, 0.2) is 67.1 Å². The molecule has 9 heteroatoms. The van der Waals surface area contributed by atoms with Gasteiger partial charge in [-0.15, -0.1) is 10.2 Å². The molecule has 0 fully saturated rings. The van der Waals surface area contributed by atoms with E-state index in [1.165, 1.54) is 6.33 Å². The summed E-state index contributed by atoms with van der Waals surface area (Å²) < 4.78 is 1.87. The normalized spacial score (nSPS) is 16.9. The van der Waals surface area contributed by atoms with E-state index in [1.807, 2.05) is 48.0 Å². The molecule has 1 aliphatic rings. The van der Waals surface area contributed by atoms with Crippen molar-refractivity contribution in [1.29, 1.82) is 0 Å². The fourth-order valence-corrected chi connectivity index (χ4v) is 4.09. The van der Waals surface area contributed by atoms with E-state index < -0.39 is 12.1 Å². The average molecular weight is 441 g/mol.